The maximum Gasteiger partial charge on any atom is 0.226 e. The first-order valence-corrected chi connectivity index (χ1v) is 7.58. The van der Waals surface area contributed by atoms with Gasteiger partial charge in [-0.1, -0.05) is 0 Å². The van der Waals surface area contributed by atoms with Crippen LogP contribution in [0, 0.1) is 29.4 Å². The van der Waals surface area contributed by atoms with Crippen LogP contribution in [0.2, 0.25) is 0 Å². The van der Waals surface area contributed by atoms with Crippen molar-refractivity contribution in [1.29, 1.82) is 0 Å². The summed E-state index contributed by atoms with van der Waals surface area (Å²) < 4.78 is 27.0. The lowest BCUT2D eigenvalue weighted by Crippen LogP contribution is -2.33. The number of carbonyl (C=O) groups excluding carboxylic acids is 1. The highest BCUT2D eigenvalue weighted by atomic mass is 19.1. The Morgan fingerprint density at radius 1 is 1.19 bits per heavy atom. The molecule has 21 heavy (non-hydrogen) atoms. The van der Waals surface area contributed by atoms with Gasteiger partial charge >= 0.3 is 0 Å². The van der Waals surface area contributed by atoms with Crippen LogP contribution in [0.3, 0.4) is 0 Å². The number of hydrogen-bond acceptors (Lipinski definition) is 2. The van der Waals surface area contributed by atoms with Crippen molar-refractivity contribution in [2.24, 2.45) is 17.8 Å². The van der Waals surface area contributed by atoms with Gasteiger partial charge in [0.15, 0.2) is 0 Å². The number of halogens is 2. The summed E-state index contributed by atoms with van der Waals surface area (Å²) in [5.74, 6) is 0.109. The van der Waals surface area contributed by atoms with Crippen molar-refractivity contribution in [2.45, 2.75) is 12.3 Å². The van der Waals surface area contributed by atoms with Crippen molar-refractivity contribution < 1.29 is 13.6 Å². The fourth-order valence-electron chi connectivity index (χ4n) is 3.88. The molecule has 1 N–H and O–H groups in total. The van der Waals surface area contributed by atoms with Crippen LogP contribution in [0.1, 0.15) is 17.9 Å². The molecular weight excluding hydrogens is 274 g/mol. The Bertz CT molecular complexity index is 580. The number of rotatable bonds is 2. The summed E-state index contributed by atoms with van der Waals surface area (Å²) in [4.78, 5) is 14.4. The van der Waals surface area contributed by atoms with E-state index in [1.165, 1.54) is 6.07 Å². The molecule has 1 aromatic carbocycles. The zero-order valence-corrected chi connectivity index (χ0v) is 11.7. The molecule has 1 aliphatic carbocycles. The summed E-state index contributed by atoms with van der Waals surface area (Å²) in [6, 6.07) is 3.50. The van der Waals surface area contributed by atoms with Gasteiger partial charge in [-0.05, 0) is 47.9 Å². The molecule has 0 aromatic heterocycles. The Morgan fingerprint density at radius 2 is 1.90 bits per heavy atom. The van der Waals surface area contributed by atoms with Gasteiger partial charge in [0.05, 0.1) is 0 Å². The first-order valence-electron chi connectivity index (χ1n) is 7.58. The van der Waals surface area contributed by atoms with Gasteiger partial charge in [-0.15, -0.1) is 0 Å². The van der Waals surface area contributed by atoms with Gasteiger partial charge in [-0.2, -0.15) is 0 Å². The van der Waals surface area contributed by atoms with E-state index in [2.05, 4.69) is 5.32 Å². The van der Waals surface area contributed by atoms with Crippen molar-refractivity contribution in [1.82, 2.24) is 10.2 Å². The standard InChI is InChI=1S/C16H18F2N2O/c17-11-1-2-15(18)13(3-11)12-4-14(12)16(21)20-7-9-5-19-6-10(9)8-20/h1-3,9-10,12,14,19H,4-8H2/t9-,10+,12?,14?. The van der Waals surface area contributed by atoms with Crippen LogP contribution in [0.25, 0.3) is 0 Å². The Balaban J connectivity index is 1.45. The van der Waals surface area contributed by atoms with Crippen molar-refractivity contribution in [3.05, 3.63) is 35.4 Å². The maximum atomic E-state index is 13.8. The van der Waals surface area contributed by atoms with Crippen molar-refractivity contribution in [2.75, 3.05) is 26.2 Å². The second kappa shape index (κ2) is 4.77. The SMILES string of the molecule is O=C(C1CC1c1cc(F)ccc1F)N1C[C@H]2CNC[C@H]2C1. The number of fused-ring (bicyclic) bond motifs is 1. The number of amides is 1. The third-order valence-corrected chi connectivity index (χ3v) is 5.17. The molecule has 3 fully saturated rings. The second-order valence-electron chi connectivity index (χ2n) is 6.54. The number of nitrogens with one attached hydrogen (secondary N) is 1. The zero-order valence-electron chi connectivity index (χ0n) is 11.7. The third-order valence-electron chi connectivity index (χ3n) is 5.17. The van der Waals surface area contributed by atoms with Crippen LogP contribution in [0.15, 0.2) is 18.2 Å². The highest BCUT2D eigenvalue weighted by Gasteiger charge is 2.49. The Labute approximate surface area is 122 Å². The molecule has 1 saturated carbocycles. The number of hydrogen-bond donors (Lipinski definition) is 1. The van der Waals surface area contributed by atoms with E-state index in [1.54, 1.807) is 0 Å². The van der Waals surface area contributed by atoms with Gasteiger partial charge in [0.2, 0.25) is 5.91 Å². The average Bonchev–Trinajstić information content (AvgIpc) is 2.95. The van der Waals surface area contributed by atoms with Crippen molar-refractivity contribution in [3.8, 4) is 0 Å². The molecular formula is C16H18F2N2O. The Morgan fingerprint density at radius 3 is 2.62 bits per heavy atom. The lowest BCUT2D eigenvalue weighted by Gasteiger charge is -2.17. The minimum atomic E-state index is -0.439. The van der Waals surface area contributed by atoms with Gasteiger partial charge in [0.25, 0.3) is 0 Å². The molecule has 112 valence electrons. The third kappa shape index (κ3) is 2.24. The molecule has 2 heterocycles. The van der Waals surface area contributed by atoms with Gasteiger partial charge in [0, 0.05) is 32.1 Å². The molecule has 4 rings (SSSR count). The van der Waals surface area contributed by atoms with E-state index in [0.717, 1.165) is 38.3 Å². The monoisotopic (exact) mass is 292 g/mol. The smallest absolute Gasteiger partial charge is 0.226 e. The first-order chi connectivity index (χ1) is 10.1. The van der Waals surface area contributed by atoms with E-state index >= 15 is 0 Å². The maximum absolute atomic E-state index is 13.8. The number of carbonyl (C=O) groups is 1. The molecule has 0 bridgehead atoms. The molecule has 2 aliphatic heterocycles. The van der Waals surface area contributed by atoms with E-state index in [-0.39, 0.29) is 17.7 Å². The summed E-state index contributed by atoms with van der Waals surface area (Å²) in [6.45, 7) is 3.60. The highest BCUT2D eigenvalue weighted by molar-refractivity contribution is 5.83. The summed E-state index contributed by atoms with van der Waals surface area (Å²) >= 11 is 0. The molecule has 2 unspecified atom stereocenters. The first kappa shape index (κ1) is 13.2. The van der Waals surface area contributed by atoms with Crippen LogP contribution >= 0.6 is 0 Å². The van der Waals surface area contributed by atoms with Crippen LogP contribution in [-0.4, -0.2) is 37.0 Å². The van der Waals surface area contributed by atoms with Gasteiger partial charge < -0.3 is 10.2 Å². The van der Waals surface area contributed by atoms with E-state index < -0.39 is 11.6 Å². The quantitative estimate of drug-likeness (QED) is 0.900. The fourth-order valence-corrected chi connectivity index (χ4v) is 3.88. The predicted molar refractivity (Wildman–Crippen MR) is 73.6 cm³/mol. The molecule has 4 atom stereocenters. The lowest BCUT2D eigenvalue weighted by molar-refractivity contribution is -0.131. The van der Waals surface area contributed by atoms with E-state index in [4.69, 9.17) is 0 Å². The summed E-state index contributed by atoms with van der Waals surface area (Å²) in [5, 5.41) is 3.35. The van der Waals surface area contributed by atoms with Crippen molar-refractivity contribution in [3.63, 3.8) is 0 Å². The second-order valence-corrected chi connectivity index (χ2v) is 6.54. The minimum absolute atomic E-state index is 0.123. The molecule has 3 aliphatic rings. The molecule has 5 heteroatoms. The van der Waals surface area contributed by atoms with E-state index in [1.807, 2.05) is 4.90 Å². The summed E-state index contributed by atoms with van der Waals surface area (Å²) in [5.41, 5.74) is 0.356. The van der Waals surface area contributed by atoms with Crippen LogP contribution in [0.4, 0.5) is 8.78 Å². The fraction of sp³-hybridized carbons (Fsp3) is 0.562. The van der Waals surface area contributed by atoms with E-state index in [9.17, 15) is 13.6 Å². The average molecular weight is 292 g/mol. The van der Waals surface area contributed by atoms with Crippen molar-refractivity contribution >= 4 is 5.91 Å². The topological polar surface area (TPSA) is 32.3 Å². The number of benzene rings is 1. The van der Waals surface area contributed by atoms with Gasteiger partial charge in [-0.3, -0.25) is 4.79 Å². The summed E-state index contributed by atoms with van der Waals surface area (Å²) in [6.07, 6.45) is 0.642. The number of nitrogens with zero attached hydrogens (tertiary/aromatic N) is 1. The molecule has 1 aromatic rings. The molecule has 1 amide bonds. The van der Waals surface area contributed by atoms with Gasteiger partial charge in [0.1, 0.15) is 11.6 Å². The Hall–Kier alpha value is -1.49. The molecule has 3 nitrogen and oxygen atoms in total. The van der Waals surface area contributed by atoms with Gasteiger partial charge in [-0.25, -0.2) is 8.78 Å². The van der Waals surface area contributed by atoms with Crippen LogP contribution in [-0.2, 0) is 4.79 Å². The predicted octanol–water partition coefficient (Wildman–Crippen LogP) is 1.75. The number of likely N-dealkylation sites (tertiary alicyclic amines) is 1. The van der Waals surface area contributed by atoms with Crippen LogP contribution in [0.5, 0.6) is 0 Å². The normalized spacial score (nSPS) is 34.1. The highest BCUT2D eigenvalue weighted by Crippen LogP contribution is 2.50. The summed E-state index contributed by atoms with van der Waals surface area (Å²) in [7, 11) is 0. The zero-order chi connectivity index (χ0) is 14.6. The minimum Gasteiger partial charge on any atom is -0.342 e. The molecule has 0 radical (unpaired) electrons. The van der Waals surface area contributed by atoms with E-state index in [0.29, 0.717) is 23.8 Å². The van der Waals surface area contributed by atoms with Crippen LogP contribution < -0.4 is 5.32 Å². The Kier molecular flexibility index (Phi) is 2.99. The lowest BCUT2D eigenvalue weighted by atomic mass is 10.0. The molecule has 0 spiro atoms. The molecule has 2 saturated heterocycles. The largest absolute Gasteiger partial charge is 0.342 e.